The van der Waals surface area contributed by atoms with E-state index in [1.54, 1.807) is 12.4 Å². The topological polar surface area (TPSA) is 157 Å². The Hall–Kier alpha value is -11.6. The number of hydrogen-bond acceptors (Lipinski definition) is 11. The van der Waals surface area contributed by atoms with Gasteiger partial charge in [-0.25, -0.2) is 9.97 Å². The summed E-state index contributed by atoms with van der Waals surface area (Å²) >= 11 is 10.8. The van der Waals surface area contributed by atoms with Crippen molar-refractivity contribution in [3.05, 3.63) is 312 Å². The van der Waals surface area contributed by atoms with E-state index in [1.165, 1.54) is 0 Å². The predicted octanol–water partition coefficient (Wildman–Crippen LogP) is 20.0. The normalized spacial score (nSPS) is 11.3. The molecule has 12 aromatic heterocycles. The van der Waals surface area contributed by atoms with Crippen molar-refractivity contribution in [1.82, 2.24) is 68.5 Å². The van der Waals surface area contributed by atoms with Crippen LogP contribution in [0.15, 0.2) is 312 Å². The Morgan fingerprint density at radius 1 is 0.229 bits per heavy atom. The first-order valence-corrected chi connectivity index (χ1v) is 33.1. The first kappa shape index (κ1) is 59.4. The maximum absolute atomic E-state index is 4.90. The lowest BCUT2D eigenvalue weighted by molar-refractivity contribution is 0.953. The second-order valence-corrected chi connectivity index (χ2v) is 25.1. The second-order valence-electron chi connectivity index (χ2n) is 22.3. The van der Waals surface area contributed by atoms with Gasteiger partial charge in [-0.2, -0.15) is 9.97 Å². The predicted molar refractivity (Wildman–Crippen MR) is 394 cm³/mol. The van der Waals surface area contributed by atoms with Gasteiger partial charge in [0, 0.05) is 101 Å². The summed E-state index contributed by atoms with van der Waals surface area (Å²) in [6.07, 6.45) is 12.7. The summed E-state index contributed by atoms with van der Waals surface area (Å²) in [6, 6.07) is 85.2. The summed E-state index contributed by atoms with van der Waals surface area (Å²) in [4.78, 5) is 51.8. The fourth-order valence-electron chi connectivity index (χ4n) is 12.1. The molecule has 0 spiro atoms. The SMILES string of the molecule is Brc1ccc2c(c1)c1ncccc1n2-c1cc(-c2ccccn2)cc(-c2ccccn2)c1.Brc1ccc2c(c1)c1ncccc1n2-c1cc(-c2ccccn2)nc(-c2ccccn2)c1.Brc1ccc2c(c1)c1ncccc1n2-c1nc(-c2ccccc2)nc(-c2ccccc2)n1. The van der Waals surface area contributed by atoms with Crippen LogP contribution in [-0.2, 0) is 0 Å². The Labute approximate surface area is 574 Å². The minimum Gasteiger partial charge on any atom is -0.308 e. The number of rotatable bonds is 9. The molecule has 0 aliphatic rings. The highest BCUT2D eigenvalue weighted by Crippen LogP contribution is 2.39. The standard InChI is InChI=1S/C27H17BrN4.2C26H16BrN5/c28-20-9-10-25-22(17-20)27-26(8-5-13-31-27)32(25)21-15-18(23-6-1-3-11-29-23)14-19(16-21)24-7-2-4-12-30-24;27-17-9-10-24-19(14-17)26-25(8-5-13-30-26)32(24)18-15-22(20-6-1-3-11-28-20)31-23(16-18)21-7-2-4-12-29-21;27-19-13-14-21-20(16-19)23-22(12-7-15-28-23)32(21)26-30-24(17-8-3-1-4-9-17)29-25(31-26)18-10-5-2-6-11-18/h1-17H;2*1-16H. The van der Waals surface area contributed by atoms with Crippen LogP contribution in [0.5, 0.6) is 0 Å². The molecule has 0 amide bonds. The van der Waals surface area contributed by atoms with E-state index < -0.39 is 0 Å². The van der Waals surface area contributed by atoms with Crippen LogP contribution in [0, 0.1) is 0 Å². The zero-order chi connectivity index (χ0) is 64.5. The van der Waals surface area contributed by atoms with Gasteiger partial charge in [0.15, 0.2) is 11.6 Å². The fraction of sp³-hybridized carbons (Fsp3) is 0. The van der Waals surface area contributed by atoms with Gasteiger partial charge in [-0.1, -0.05) is 133 Å². The van der Waals surface area contributed by atoms with E-state index in [2.05, 4.69) is 182 Å². The van der Waals surface area contributed by atoms with Crippen LogP contribution < -0.4 is 0 Å². The quantitative estimate of drug-likeness (QED) is 0.135. The molecule has 14 nitrogen and oxygen atoms in total. The van der Waals surface area contributed by atoms with E-state index in [-0.39, 0.29) is 0 Å². The molecule has 0 N–H and O–H groups in total. The van der Waals surface area contributed by atoms with E-state index >= 15 is 0 Å². The van der Waals surface area contributed by atoms with E-state index in [9.17, 15) is 0 Å². The lowest BCUT2D eigenvalue weighted by Crippen LogP contribution is -2.06. The average Bonchev–Trinajstić information content (AvgIpc) is 1.59. The van der Waals surface area contributed by atoms with Gasteiger partial charge in [-0.3, -0.25) is 39.5 Å². The summed E-state index contributed by atoms with van der Waals surface area (Å²) in [5.41, 5.74) is 20.1. The van der Waals surface area contributed by atoms with Gasteiger partial charge in [0.05, 0.1) is 89.5 Å². The van der Waals surface area contributed by atoms with Crippen molar-refractivity contribution in [2.45, 2.75) is 0 Å². The number of hydrogen-bond donors (Lipinski definition) is 0. The maximum atomic E-state index is 4.90. The van der Waals surface area contributed by atoms with Crippen LogP contribution >= 0.6 is 47.8 Å². The molecule has 17 heteroatoms. The molecule has 0 aliphatic heterocycles. The van der Waals surface area contributed by atoms with Gasteiger partial charge >= 0.3 is 0 Å². The molecule has 96 heavy (non-hydrogen) atoms. The van der Waals surface area contributed by atoms with E-state index in [0.29, 0.717) is 17.6 Å². The molecule has 0 fully saturated rings. The van der Waals surface area contributed by atoms with Crippen LogP contribution in [0.4, 0.5) is 0 Å². The molecule has 0 unspecified atom stereocenters. The molecule has 12 heterocycles. The first-order valence-electron chi connectivity index (χ1n) is 30.7. The van der Waals surface area contributed by atoms with Crippen LogP contribution in [0.2, 0.25) is 0 Å². The van der Waals surface area contributed by atoms with Crippen molar-refractivity contribution >= 4 is 114 Å². The number of fused-ring (bicyclic) bond motifs is 9. The average molecular weight is 1430 g/mol. The number of benzene rings is 6. The second kappa shape index (κ2) is 26.0. The molecular formula is C79H49Br3N14. The molecular weight excluding hydrogens is 1380 g/mol. The lowest BCUT2D eigenvalue weighted by Gasteiger charge is -2.13. The van der Waals surface area contributed by atoms with Crippen molar-refractivity contribution < 1.29 is 0 Å². The minimum absolute atomic E-state index is 0.563. The summed E-state index contributed by atoms with van der Waals surface area (Å²) in [7, 11) is 0. The summed E-state index contributed by atoms with van der Waals surface area (Å²) in [5.74, 6) is 1.82. The van der Waals surface area contributed by atoms with Crippen molar-refractivity contribution in [3.8, 4) is 85.4 Å². The number of halogens is 3. The molecule has 18 rings (SSSR count). The lowest BCUT2D eigenvalue weighted by atomic mass is 10.0. The van der Waals surface area contributed by atoms with E-state index in [1.807, 2.05) is 195 Å². The van der Waals surface area contributed by atoms with Crippen molar-refractivity contribution in [3.63, 3.8) is 0 Å². The Balaban J connectivity index is 0.000000113. The van der Waals surface area contributed by atoms with Crippen molar-refractivity contribution in [2.24, 2.45) is 0 Å². The Morgan fingerprint density at radius 2 is 0.583 bits per heavy atom. The summed E-state index contributed by atoms with van der Waals surface area (Å²) in [6.45, 7) is 0. The monoisotopic (exact) mass is 1430 g/mol. The Morgan fingerprint density at radius 3 is 0.979 bits per heavy atom. The highest BCUT2D eigenvalue weighted by molar-refractivity contribution is 9.11. The molecule has 18 aromatic rings. The molecule has 6 aromatic carbocycles. The van der Waals surface area contributed by atoms with Gasteiger partial charge in [0.25, 0.3) is 0 Å². The Bertz CT molecular complexity index is 5130. The zero-order valence-electron chi connectivity index (χ0n) is 50.7. The smallest absolute Gasteiger partial charge is 0.238 e. The van der Waals surface area contributed by atoms with Crippen molar-refractivity contribution in [1.29, 1.82) is 0 Å². The minimum atomic E-state index is 0.563. The molecule has 0 bridgehead atoms. The summed E-state index contributed by atoms with van der Waals surface area (Å²) in [5, 5.41) is 3.24. The third-order valence-electron chi connectivity index (χ3n) is 16.4. The van der Waals surface area contributed by atoms with Gasteiger partial charge in [-0.15, -0.1) is 0 Å². The molecule has 0 radical (unpaired) electrons. The molecule has 0 saturated heterocycles. The van der Waals surface area contributed by atoms with Crippen LogP contribution in [-0.4, -0.2) is 68.5 Å². The van der Waals surface area contributed by atoms with E-state index in [0.717, 1.165) is 147 Å². The molecule has 0 atom stereocenters. The van der Waals surface area contributed by atoms with Crippen LogP contribution in [0.25, 0.3) is 151 Å². The zero-order valence-corrected chi connectivity index (χ0v) is 55.4. The third kappa shape index (κ3) is 11.6. The third-order valence-corrected chi connectivity index (χ3v) is 17.8. The fourth-order valence-corrected chi connectivity index (χ4v) is 13.2. The molecule has 0 aliphatic carbocycles. The highest BCUT2D eigenvalue weighted by atomic mass is 79.9. The first-order chi connectivity index (χ1) is 47.3. The van der Waals surface area contributed by atoms with Gasteiger partial charge in [0.2, 0.25) is 5.95 Å². The Kier molecular flexibility index (Phi) is 16.1. The number of aromatic nitrogens is 14. The van der Waals surface area contributed by atoms with E-state index in [4.69, 9.17) is 24.9 Å². The molecule has 0 saturated carbocycles. The number of nitrogens with zero attached hydrogens (tertiary/aromatic N) is 14. The highest BCUT2D eigenvalue weighted by Gasteiger charge is 2.21. The largest absolute Gasteiger partial charge is 0.308 e. The van der Waals surface area contributed by atoms with Crippen LogP contribution in [0.1, 0.15) is 0 Å². The molecule has 456 valence electrons. The van der Waals surface area contributed by atoms with Gasteiger partial charge in [-0.05, 0) is 170 Å². The van der Waals surface area contributed by atoms with Gasteiger partial charge < -0.3 is 9.13 Å². The van der Waals surface area contributed by atoms with Crippen molar-refractivity contribution in [2.75, 3.05) is 0 Å². The number of pyridine rings is 8. The maximum Gasteiger partial charge on any atom is 0.238 e. The van der Waals surface area contributed by atoms with Gasteiger partial charge in [0.1, 0.15) is 0 Å². The van der Waals surface area contributed by atoms with Crippen LogP contribution in [0.3, 0.4) is 0 Å². The summed E-state index contributed by atoms with van der Waals surface area (Å²) < 4.78 is 9.61.